The highest BCUT2D eigenvalue weighted by atomic mass is 16.3. The van der Waals surface area contributed by atoms with Gasteiger partial charge in [0.25, 0.3) is 0 Å². The average molecular weight is 102 g/mol. The van der Waals surface area contributed by atoms with Crippen LogP contribution in [0.2, 0.25) is 0 Å². The standard InChI is InChI=1S/C4H10N2O/c1-3(5)4(7)6-2/h6-7H,5H2,1-2H3/b4-3+. The molecule has 0 aromatic rings. The maximum absolute atomic E-state index is 8.58. The van der Waals surface area contributed by atoms with E-state index < -0.39 is 0 Å². The van der Waals surface area contributed by atoms with Gasteiger partial charge in [0.15, 0.2) is 0 Å². The summed E-state index contributed by atoms with van der Waals surface area (Å²) in [5.41, 5.74) is 5.52. The maximum atomic E-state index is 8.58. The average Bonchev–Trinajstić information content (AvgIpc) is 1.65. The van der Waals surface area contributed by atoms with E-state index in [0.29, 0.717) is 5.70 Å². The predicted octanol–water partition coefficient (Wildman–Crippen LogP) is -0.0885. The lowest BCUT2D eigenvalue weighted by Crippen LogP contribution is -2.10. The molecule has 0 aromatic carbocycles. The van der Waals surface area contributed by atoms with Crippen LogP contribution >= 0.6 is 0 Å². The number of nitrogens with two attached hydrogens (primary N) is 1. The fourth-order valence-electron chi connectivity index (χ4n) is 0.197. The van der Waals surface area contributed by atoms with Crippen molar-refractivity contribution in [2.45, 2.75) is 6.92 Å². The van der Waals surface area contributed by atoms with E-state index in [2.05, 4.69) is 5.32 Å². The first-order valence-corrected chi connectivity index (χ1v) is 2.01. The highest BCUT2D eigenvalue weighted by molar-refractivity contribution is 4.95. The van der Waals surface area contributed by atoms with Crippen LogP contribution in [0.15, 0.2) is 11.6 Å². The Morgan fingerprint density at radius 3 is 2.14 bits per heavy atom. The molecule has 0 rings (SSSR count). The molecule has 7 heavy (non-hydrogen) atoms. The summed E-state index contributed by atoms with van der Waals surface area (Å²) in [4.78, 5) is 0. The summed E-state index contributed by atoms with van der Waals surface area (Å²) in [6.45, 7) is 1.62. The normalized spacial score (nSPS) is 12.9. The first-order chi connectivity index (χ1) is 3.18. The monoisotopic (exact) mass is 102 g/mol. The fraction of sp³-hybridized carbons (Fsp3) is 0.500. The molecule has 0 aliphatic carbocycles. The second kappa shape index (κ2) is 2.34. The van der Waals surface area contributed by atoms with Crippen molar-refractivity contribution in [3.05, 3.63) is 11.6 Å². The molecule has 0 aliphatic heterocycles. The molecule has 0 saturated heterocycles. The quantitative estimate of drug-likeness (QED) is 0.405. The third-order valence-electron chi connectivity index (χ3n) is 0.610. The van der Waals surface area contributed by atoms with Gasteiger partial charge in [-0.1, -0.05) is 0 Å². The molecule has 0 spiro atoms. The lowest BCUT2D eigenvalue weighted by Gasteiger charge is -1.96. The van der Waals surface area contributed by atoms with Crippen molar-refractivity contribution in [1.82, 2.24) is 5.32 Å². The summed E-state index contributed by atoms with van der Waals surface area (Å²) in [5, 5.41) is 11.1. The van der Waals surface area contributed by atoms with E-state index in [0.717, 1.165) is 0 Å². The molecule has 0 radical (unpaired) electrons. The van der Waals surface area contributed by atoms with E-state index in [1.807, 2.05) is 0 Å². The van der Waals surface area contributed by atoms with Gasteiger partial charge in [0.1, 0.15) is 0 Å². The molecule has 3 nitrogen and oxygen atoms in total. The van der Waals surface area contributed by atoms with E-state index in [1.165, 1.54) is 0 Å². The molecular weight excluding hydrogens is 92.1 g/mol. The Bertz CT molecular complexity index is 83.7. The topological polar surface area (TPSA) is 58.3 Å². The zero-order valence-corrected chi connectivity index (χ0v) is 4.52. The van der Waals surface area contributed by atoms with Gasteiger partial charge in [0, 0.05) is 7.05 Å². The van der Waals surface area contributed by atoms with Crippen molar-refractivity contribution in [2.75, 3.05) is 7.05 Å². The number of allylic oxidation sites excluding steroid dienone is 1. The minimum atomic E-state index is 0.0417. The van der Waals surface area contributed by atoms with Crippen molar-refractivity contribution < 1.29 is 5.11 Å². The number of rotatable bonds is 1. The van der Waals surface area contributed by atoms with Crippen LogP contribution in [-0.2, 0) is 0 Å². The molecule has 0 heterocycles. The van der Waals surface area contributed by atoms with Gasteiger partial charge in [0.2, 0.25) is 5.88 Å². The second-order valence-electron chi connectivity index (χ2n) is 1.28. The molecule has 0 unspecified atom stereocenters. The second-order valence-corrected chi connectivity index (χ2v) is 1.28. The van der Waals surface area contributed by atoms with Crippen LogP contribution in [-0.4, -0.2) is 12.2 Å². The number of hydrogen-bond acceptors (Lipinski definition) is 3. The Hall–Kier alpha value is -0.860. The van der Waals surface area contributed by atoms with E-state index in [-0.39, 0.29) is 5.88 Å². The van der Waals surface area contributed by atoms with Gasteiger partial charge in [-0.2, -0.15) is 0 Å². The first-order valence-electron chi connectivity index (χ1n) is 2.01. The Balaban J connectivity index is 3.72. The minimum absolute atomic E-state index is 0.0417. The summed E-state index contributed by atoms with van der Waals surface area (Å²) < 4.78 is 0. The Morgan fingerprint density at radius 2 is 2.14 bits per heavy atom. The van der Waals surface area contributed by atoms with Gasteiger partial charge < -0.3 is 16.2 Å². The lowest BCUT2D eigenvalue weighted by atomic mass is 10.5. The van der Waals surface area contributed by atoms with E-state index in [9.17, 15) is 0 Å². The summed E-state index contributed by atoms with van der Waals surface area (Å²) in [7, 11) is 1.60. The largest absolute Gasteiger partial charge is 0.494 e. The van der Waals surface area contributed by atoms with Gasteiger partial charge in [-0.3, -0.25) is 0 Å². The fourth-order valence-corrected chi connectivity index (χ4v) is 0.197. The molecule has 42 valence electrons. The molecule has 4 N–H and O–H groups in total. The van der Waals surface area contributed by atoms with Crippen LogP contribution < -0.4 is 11.1 Å². The smallest absolute Gasteiger partial charge is 0.203 e. The molecule has 0 fully saturated rings. The van der Waals surface area contributed by atoms with Crippen LogP contribution in [0.3, 0.4) is 0 Å². The molecule has 0 amide bonds. The van der Waals surface area contributed by atoms with Crippen molar-refractivity contribution >= 4 is 0 Å². The van der Waals surface area contributed by atoms with Crippen molar-refractivity contribution in [3.63, 3.8) is 0 Å². The highest BCUT2D eigenvalue weighted by Gasteiger charge is 1.85. The molecule has 0 atom stereocenters. The summed E-state index contributed by atoms with van der Waals surface area (Å²) >= 11 is 0. The van der Waals surface area contributed by atoms with Crippen molar-refractivity contribution in [2.24, 2.45) is 5.73 Å². The Morgan fingerprint density at radius 1 is 1.71 bits per heavy atom. The maximum Gasteiger partial charge on any atom is 0.203 e. The molecule has 3 heteroatoms. The van der Waals surface area contributed by atoms with Crippen LogP contribution in [0.25, 0.3) is 0 Å². The molecule has 0 saturated carbocycles. The summed E-state index contributed by atoms with van der Waals surface area (Å²) in [6.07, 6.45) is 0. The van der Waals surface area contributed by atoms with Crippen molar-refractivity contribution in [1.29, 1.82) is 0 Å². The number of nitrogens with one attached hydrogen (secondary N) is 1. The van der Waals surface area contributed by atoms with Gasteiger partial charge in [-0.25, -0.2) is 0 Å². The van der Waals surface area contributed by atoms with E-state index in [1.54, 1.807) is 14.0 Å². The van der Waals surface area contributed by atoms with E-state index >= 15 is 0 Å². The van der Waals surface area contributed by atoms with Crippen LogP contribution in [0.4, 0.5) is 0 Å². The van der Waals surface area contributed by atoms with Gasteiger partial charge in [0.05, 0.1) is 5.70 Å². The van der Waals surface area contributed by atoms with Crippen molar-refractivity contribution in [3.8, 4) is 0 Å². The number of aliphatic hydroxyl groups excluding tert-OH is 1. The van der Waals surface area contributed by atoms with Crippen LogP contribution in [0.1, 0.15) is 6.92 Å². The zero-order chi connectivity index (χ0) is 5.86. The SMILES string of the molecule is CN/C(O)=C(/C)N. The van der Waals surface area contributed by atoms with Gasteiger partial charge >= 0.3 is 0 Å². The Labute approximate surface area is 42.8 Å². The first kappa shape index (κ1) is 6.14. The number of aliphatic hydroxyl groups is 1. The predicted molar refractivity (Wildman–Crippen MR) is 28.6 cm³/mol. The third kappa shape index (κ3) is 1.92. The van der Waals surface area contributed by atoms with Crippen LogP contribution in [0, 0.1) is 0 Å². The van der Waals surface area contributed by atoms with Gasteiger partial charge in [-0.15, -0.1) is 0 Å². The summed E-state index contributed by atoms with van der Waals surface area (Å²) in [5.74, 6) is 0.0417. The molecule has 0 aromatic heterocycles. The highest BCUT2D eigenvalue weighted by Crippen LogP contribution is 1.82. The zero-order valence-electron chi connectivity index (χ0n) is 4.52. The molecule has 0 aliphatic rings. The molecular formula is C4H10N2O. The third-order valence-corrected chi connectivity index (χ3v) is 0.610. The Kier molecular flexibility index (Phi) is 2.05. The van der Waals surface area contributed by atoms with E-state index in [4.69, 9.17) is 10.8 Å². The van der Waals surface area contributed by atoms with Gasteiger partial charge in [-0.05, 0) is 6.92 Å². The summed E-state index contributed by atoms with van der Waals surface area (Å²) in [6, 6.07) is 0. The lowest BCUT2D eigenvalue weighted by molar-refractivity contribution is 0.368. The number of hydrogen-bond donors (Lipinski definition) is 3. The molecule has 0 bridgehead atoms. The van der Waals surface area contributed by atoms with Crippen LogP contribution in [0.5, 0.6) is 0 Å². The minimum Gasteiger partial charge on any atom is -0.494 e.